The molecule has 0 unspecified atom stereocenters. The van der Waals surface area contributed by atoms with E-state index in [1.165, 1.54) is 12.8 Å². The SMILES string of the molecule is COc1ccc(CC(=O)N(CCC(C)C)C2CC2)cc1. The number of carbonyl (C=O) groups is 1. The summed E-state index contributed by atoms with van der Waals surface area (Å²) in [7, 11) is 1.65. The van der Waals surface area contributed by atoms with Crippen LogP contribution in [0.5, 0.6) is 5.75 Å². The number of methoxy groups -OCH3 is 1. The summed E-state index contributed by atoms with van der Waals surface area (Å²) in [6, 6.07) is 8.28. The van der Waals surface area contributed by atoms with Crippen molar-refractivity contribution < 1.29 is 9.53 Å². The number of carbonyl (C=O) groups excluding carboxylic acids is 1. The van der Waals surface area contributed by atoms with E-state index in [0.717, 1.165) is 24.3 Å². The molecule has 110 valence electrons. The van der Waals surface area contributed by atoms with Gasteiger partial charge in [0.05, 0.1) is 13.5 Å². The number of amides is 1. The van der Waals surface area contributed by atoms with Gasteiger partial charge in [0.2, 0.25) is 5.91 Å². The first-order chi connectivity index (χ1) is 9.60. The number of hydrogen-bond donors (Lipinski definition) is 0. The van der Waals surface area contributed by atoms with Crippen LogP contribution in [0.2, 0.25) is 0 Å². The van der Waals surface area contributed by atoms with Crippen LogP contribution in [0.4, 0.5) is 0 Å². The highest BCUT2D eigenvalue weighted by molar-refractivity contribution is 5.79. The lowest BCUT2D eigenvalue weighted by atomic mass is 10.1. The minimum absolute atomic E-state index is 0.262. The van der Waals surface area contributed by atoms with E-state index in [4.69, 9.17) is 4.74 Å². The first-order valence-electron chi connectivity index (χ1n) is 7.52. The fraction of sp³-hybridized carbons (Fsp3) is 0.588. The van der Waals surface area contributed by atoms with E-state index >= 15 is 0 Å². The Bertz CT molecular complexity index is 435. The largest absolute Gasteiger partial charge is 0.497 e. The second-order valence-electron chi connectivity index (χ2n) is 6.03. The number of nitrogens with zero attached hydrogens (tertiary/aromatic N) is 1. The predicted molar refractivity (Wildman–Crippen MR) is 80.9 cm³/mol. The van der Waals surface area contributed by atoms with Crippen molar-refractivity contribution in [2.24, 2.45) is 5.92 Å². The van der Waals surface area contributed by atoms with Crippen LogP contribution in [0.3, 0.4) is 0 Å². The summed E-state index contributed by atoms with van der Waals surface area (Å²) in [5.41, 5.74) is 1.06. The molecule has 1 aliphatic carbocycles. The summed E-state index contributed by atoms with van der Waals surface area (Å²) in [5, 5.41) is 0. The Morgan fingerprint density at radius 2 is 1.95 bits per heavy atom. The van der Waals surface area contributed by atoms with Gasteiger partial charge in [-0.2, -0.15) is 0 Å². The minimum atomic E-state index is 0.262. The summed E-state index contributed by atoms with van der Waals surface area (Å²) in [6.45, 7) is 5.31. The molecule has 0 heterocycles. The van der Waals surface area contributed by atoms with Crippen LogP contribution in [0.25, 0.3) is 0 Å². The molecule has 1 fully saturated rings. The molecule has 0 radical (unpaired) electrons. The van der Waals surface area contributed by atoms with Crippen LogP contribution in [0.1, 0.15) is 38.7 Å². The van der Waals surface area contributed by atoms with E-state index in [2.05, 4.69) is 18.7 Å². The van der Waals surface area contributed by atoms with E-state index in [9.17, 15) is 4.79 Å². The molecule has 0 aliphatic heterocycles. The molecular formula is C17H25NO2. The quantitative estimate of drug-likeness (QED) is 0.764. The lowest BCUT2D eigenvalue weighted by Crippen LogP contribution is -2.35. The molecule has 1 amide bonds. The number of hydrogen-bond acceptors (Lipinski definition) is 2. The maximum Gasteiger partial charge on any atom is 0.227 e. The van der Waals surface area contributed by atoms with Crippen LogP contribution in [-0.2, 0) is 11.2 Å². The van der Waals surface area contributed by atoms with Gasteiger partial charge >= 0.3 is 0 Å². The molecule has 0 bridgehead atoms. The molecule has 1 saturated carbocycles. The van der Waals surface area contributed by atoms with E-state index in [1.54, 1.807) is 7.11 Å². The Balaban J connectivity index is 1.93. The normalized spacial score (nSPS) is 14.4. The molecule has 0 aromatic heterocycles. The number of ether oxygens (including phenoxy) is 1. The van der Waals surface area contributed by atoms with E-state index < -0.39 is 0 Å². The van der Waals surface area contributed by atoms with Gasteiger partial charge in [0, 0.05) is 12.6 Å². The Morgan fingerprint density at radius 3 is 2.45 bits per heavy atom. The van der Waals surface area contributed by atoms with Gasteiger partial charge in [-0.05, 0) is 42.9 Å². The maximum absolute atomic E-state index is 12.5. The minimum Gasteiger partial charge on any atom is -0.497 e. The van der Waals surface area contributed by atoms with Crippen molar-refractivity contribution in [3.05, 3.63) is 29.8 Å². The third-order valence-electron chi connectivity index (χ3n) is 3.77. The van der Waals surface area contributed by atoms with Crippen molar-refractivity contribution in [3.63, 3.8) is 0 Å². The van der Waals surface area contributed by atoms with Crippen LogP contribution < -0.4 is 4.74 Å². The highest BCUT2D eigenvalue weighted by Gasteiger charge is 2.32. The van der Waals surface area contributed by atoms with Crippen molar-refractivity contribution in [2.75, 3.05) is 13.7 Å². The zero-order valence-electron chi connectivity index (χ0n) is 12.8. The van der Waals surface area contributed by atoms with Crippen LogP contribution >= 0.6 is 0 Å². The molecule has 0 saturated heterocycles. The molecule has 0 atom stereocenters. The molecule has 2 rings (SSSR count). The van der Waals surface area contributed by atoms with E-state index in [0.29, 0.717) is 18.4 Å². The average Bonchev–Trinajstić information content (AvgIpc) is 3.24. The summed E-state index contributed by atoms with van der Waals surface area (Å²) in [6.07, 6.45) is 3.93. The van der Waals surface area contributed by atoms with Gasteiger partial charge in [0.15, 0.2) is 0 Å². The first kappa shape index (κ1) is 14.9. The van der Waals surface area contributed by atoms with Crippen molar-refractivity contribution in [1.29, 1.82) is 0 Å². The van der Waals surface area contributed by atoms with Gasteiger partial charge in [-0.1, -0.05) is 26.0 Å². The number of benzene rings is 1. The third-order valence-corrected chi connectivity index (χ3v) is 3.77. The lowest BCUT2D eigenvalue weighted by molar-refractivity contribution is -0.131. The number of rotatable bonds is 7. The Hall–Kier alpha value is -1.51. The zero-order valence-corrected chi connectivity index (χ0v) is 12.8. The van der Waals surface area contributed by atoms with E-state index in [1.807, 2.05) is 24.3 Å². The van der Waals surface area contributed by atoms with Gasteiger partial charge in [0.1, 0.15) is 5.75 Å². The van der Waals surface area contributed by atoms with Gasteiger partial charge in [0.25, 0.3) is 0 Å². The predicted octanol–water partition coefficient (Wildman–Crippen LogP) is 3.27. The highest BCUT2D eigenvalue weighted by Crippen LogP contribution is 2.28. The smallest absolute Gasteiger partial charge is 0.227 e. The standard InChI is InChI=1S/C17H25NO2/c1-13(2)10-11-18(15-6-7-15)17(19)12-14-4-8-16(20-3)9-5-14/h4-5,8-9,13,15H,6-7,10-12H2,1-3H3. The van der Waals surface area contributed by atoms with Gasteiger partial charge in [-0.3, -0.25) is 4.79 Å². The fourth-order valence-electron chi connectivity index (χ4n) is 2.31. The Labute approximate surface area is 121 Å². The van der Waals surface area contributed by atoms with Crippen molar-refractivity contribution >= 4 is 5.91 Å². The molecule has 3 heteroatoms. The third kappa shape index (κ3) is 4.26. The maximum atomic E-state index is 12.5. The van der Waals surface area contributed by atoms with Crippen LogP contribution in [-0.4, -0.2) is 30.5 Å². The van der Waals surface area contributed by atoms with Gasteiger partial charge < -0.3 is 9.64 Å². The molecule has 20 heavy (non-hydrogen) atoms. The summed E-state index contributed by atoms with van der Waals surface area (Å²) >= 11 is 0. The molecule has 1 aromatic carbocycles. The molecule has 1 aliphatic rings. The van der Waals surface area contributed by atoms with Crippen molar-refractivity contribution in [1.82, 2.24) is 4.90 Å². The topological polar surface area (TPSA) is 29.5 Å². The van der Waals surface area contributed by atoms with Crippen molar-refractivity contribution in [3.8, 4) is 5.75 Å². The monoisotopic (exact) mass is 275 g/mol. The van der Waals surface area contributed by atoms with Crippen LogP contribution in [0, 0.1) is 5.92 Å². The fourth-order valence-corrected chi connectivity index (χ4v) is 2.31. The highest BCUT2D eigenvalue weighted by atomic mass is 16.5. The zero-order chi connectivity index (χ0) is 14.5. The first-order valence-corrected chi connectivity index (χ1v) is 7.52. The lowest BCUT2D eigenvalue weighted by Gasteiger charge is -2.23. The molecule has 0 spiro atoms. The summed E-state index contributed by atoms with van der Waals surface area (Å²) < 4.78 is 5.14. The van der Waals surface area contributed by atoms with E-state index in [-0.39, 0.29) is 5.91 Å². The Morgan fingerprint density at radius 1 is 1.30 bits per heavy atom. The van der Waals surface area contributed by atoms with Gasteiger partial charge in [-0.15, -0.1) is 0 Å². The second kappa shape index (κ2) is 6.78. The molecule has 1 aromatic rings. The second-order valence-corrected chi connectivity index (χ2v) is 6.03. The van der Waals surface area contributed by atoms with Crippen LogP contribution in [0.15, 0.2) is 24.3 Å². The molecule has 0 N–H and O–H groups in total. The average molecular weight is 275 g/mol. The summed E-state index contributed by atoms with van der Waals surface area (Å²) in [4.78, 5) is 14.5. The molecular weight excluding hydrogens is 250 g/mol. The summed E-state index contributed by atoms with van der Waals surface area (Å²) in [5.74, 6) is 1.74. The van der Waals surface area contributed by atoms with Gasteiger partial charge in [-0.25, -0.2) is 0 Å². The molecule has 3 nitrogen and oxygen atoms in total. The Kier molecular flexibility index (Phi) is 5.05. The van der Waals surface area contributed by atoms with Crippen molar-refractivity contribution in [2.45, 2.75) is 45.6 Å².